The van der Waals surface area contributed by atoms with E-state index in [2.05, 4.69) is 126 Å². The summed E-state index contributed by atoms with van der Waals surface area (Å²) in [6.07, 6.45) is 11.6. The number of benzene rings is 10. The number of hydrogen-bond donors (Lipinski definition) is 10. The molecule has 622 valence electrons. The van der Waals surface area contributed by atoms with E-state index in [1.54, 1.807) is 78.1 Å². The molecule has 2 aromatic heterocycles. The largest absolute Gasteiger partial charge is 0.508 e. The fourth-order valence-electron chi connectivity index (χ4n) is 15.4. The molecule has 12 aromatic rings. The quantitative estimate of drug-likeness (QED) is 0.0255. The zero-order valence-corrected chi connectivity index (χ0v) is 70.4. The number of nitrogens with zero attached hydrogens (tertiary/aromatic N) is 3. The Morgan fingerprint density at radius 2 is 0.738 bits per heavy atom. The van der Waals surface area contributed by atoms with E-state index >= 15 is 0 Å². The zero-order valence-electron chi connectivity index (χ0n) is 69.6. The molecule has 0 spiro atoms. The Labute approximate surface area is 715 Å². The van der Waals surface area contributed by atoms with Gasteiger partial charge in [-0.05, 0) is 298 Å². The second kappa shape index (κ2) is 41.4. The number of hydrogen-bond acceptors (Lipinski definition) is 15. The molecule has 1 aliphatic carbocycles. The predicted molar refractivity (Wildman–Crippen MR) is 491 cm³/mol. The number of aromatic hydroxyl groups is 5. The van der Waals surface area contributed by atoms with Crippen LogP contribution in [0.4, 0.5) is 0 Å². The van der Waals surface area contributed by atoms with Crippen LogP contribution < -0.4 is 28.7 Å². The van der Waals surface area contributed by atoms with Crippen LogP contribution in [0.2, 0.25) is 0 Å². The summed E-state index contributed by atoms with van der Waals surface area (Å²) < 4.78 is 5.26. The van der Waals surface area contributed by atoms with Gasteiger partial charge in [0.15, 0.2) is 0 Å². The van der Waals surface area contributed by atoms with Crippen molar-refractivity contribution in [1.29, 1.82) is 0 Å². The molecular weight excluding hydrogens is 1550 g/mol. The molecule has 3 aliphatic rings. The van der Waals surface area contributed by atoms with Crippen LogP contribution in [-0.2, 0) is 56.1 Å². The van der Waals surface area contributed by atoms with Crippen molar-refractivity contribution in [3.05, 3.63) is 314 Å². The summed E-state index contributed by atoms with van der Waals surface area (Å²) in [5, 5.41) is 57.1. The van der Waals surface area contributed by atoms with E-state index in [0.29, 0.717) is 64.3 Å². The Morgan fingerprint density at radius 1 is 0.385 bits per heavy atom. The van der Waals surface area contributed by atoms with Gasteiger partial charge in [-0.3, -0.25) is 34.0 Å². The number of thiophene rings is 1. The van der Waals surface area contributed by atoms with Gasteiger partial charge in [0.05, 0.1) is 18.8 Å². The molecule has 0 bridgehead atoms. The highest BCUT2D eigenvalue weighted by molar-refractivity contribution is 7.08. The van der Waals surface area contributed by atoms with Crippen molar-refractivity contribution in [3.63, 3.8) is 0 Å². The minimum absolute atomic E-state index is 0.202. The van der Waals surface area contributed by atoms with E-state index in [0.717, 1.165) is 153 Å². The Balaban J connectivity index is 0.000000149. The molecule has 0 saturated heterocycles. The van der Waals surface area contributed by atoms with Gasteiger partial charge >= 0.3 is 0 Å². The second-order valence-corrected chi connectivity index (χ2v) is 31.2. The molecule has 0 radical (unpaired) electrons. The van der Waals surface area contributed by atoms with Gasteiger partial charge in [-0.2, -0.15) is 11.3 Å². The predicted octanol–water partition coefficient (Wildman–Crippen LogP) is 19.5. The number of aromatic nitrogens is 1. The van der Waals surface area contributed by atoms with Gasteiger partial charge in [0.25, 0.3) is 0 Å². The van der Waals surface area contributed by atoms with Gasteiger partial charge in [0, 0.05) is 60.2 Å². The molecule has 10 aromatic carbocycles. The molecule has 0 unspecified atom stereocenters. The van der Waals surface area contributed by atoms with Gasteiger partial charge in [-0.15, -0.1) is 0 Å². The number of carbonyl (C=O) groups excluding carboxylic acids is 5. The standard InChI is InChI=1S/C21H22N2O2.C21H21NO2.C20H20N2O3.C20H20N2O2.C20H19NO2S/c1-13-12-23-14(2)21(13)17-6-8-19(15-4-3-5-18(24)11-15)16(10-17)7-9-20(22)25;1-14-4-2-7-19(14)16-8-10-20(15-5-3-6-18(23)13-15)17(12-16)9-11-21(22)24;1-12-20(13(2)25-22-12)16-6-8-18(14-4-3-5-17(23)11-14)15(10-16)7-9-19(21)24;1-13-18(9-10-22-13)15-5-7-19(14-3-2-4-17(23)12-14)16(11-15)6-8-20(21)24;1-13-11-24-12-19(13)16-5-7-18(14-3-2-4-17(22)10-14)15(9-16)6-8-20(21)23/h3-6,8,10-11,24H,7,9,12H2,1-2H3,(H2,22,25);2-6,8,10,12-13,23H,7,9,11H2,1H3,(H2,22,24);3-6,8,10-11,23H,7,9H2,1-2H3,(H2,21,24);2-5,7,9,11-12,23H,6,8,10H2,1H3,(H2,21,24);2-5,7,9-12,22H,6,8H2,1H3,(H2,21,23). The monoisotopic (exact) mass is 1650 g/mol. The molecule has 5 amide bonds. The van der Waals surface area contributed by atoms with Gasteiger partial charge in [-0.1, -0.05) is 175 Å². The van der Waals surface area contributed by atoms with E-state index in [9.17, 15) is 49.5 Å². The van der Waals surface area contributed by atoms with Crippen LogP contribution in [0.15, 0.2) is 267 Å². The molecule has 2 aliphatic heterocycles. The molecule has 15 N–H and O–H groups in total. The minimum atomic E-state index is -0.343. The highest BCUT2D eigenvalue weighted by atomic mass is 32.1. The third kappa shape index (κ3) is 23.6. The maximum atomic E-state index is 11.3. The number of carbonyl (C=O) groups is 5. The van der Waals surface area contributed by atoms with Crippen LogP contribution >= 0.6 is 11.3 Å². The van der Waals surface area contributed by atoms with Crippen molar-refractivity contribution in [2.45, 2.75) is 119 Å². The van der Waals surface area contributed by atoms with Crippen LogP contribution in [0.25, 0.3) is 94.6 Å². The molecule has 20 heteroatoms. The van der Waals surface area contributed by atoms with Crippen LogP contribution in [0, 0.1) is 20.8 Å². The third-order valence-corrected chi connectivity index (χ3v) is 22.3. The first-order valence-electron chi connectivity index (χ1n) is 40.3. The molecule has 0 atom stereocenters. The molecular formula is C102H102N8O11S. The summed E-state index contributed by atoms with van der Waals surface area (Å²) in [4.78, 5) is 65.1. The lowest BCUT2D eigenvalue weighted by molar-refractivity contribution is -0.118. The first kappa shape index (κ1) is 88.6. The lowest BCUT2D eigenvalue weighted by Crippen LogP contribution is -2.11. The number of aliphatic imine (C=N–C) groups is 2. The number of allylic oxidation sites excluding steroid dienone is 6. The fraction of sp³-hybridized carbons (Fsp3) is 0.196. The average molecular weight is 1650 g/mol. The van der Waals surface area contributed by atoms with Gasteiger partial charge in [0.2, 0.25) is 29.5 Å². The number of amides is 5. The number of primary amides is 5. The fourth-order valence-corrected chi connectivity index (χ4v) is 16.3. The first-order chi connectivity index (χ1) is 58.5. The minimum Gasteiger partial charge on any atom is -0.508 e. The number of nitrogens with two attached hydrogens (primary N) is 5. The van der Waals surface area contributed by atoms with Crippen molar-refractivity contribution in [2.24, 2.45) is 38.7 Å². The summed E-state index contributed by atoms with van der Waals surface area (Å²) in [7, 11) is 0. The van der Waals surface area contributed by atoms with Crippen LogP contribution in [0.5, 0.6) is 28.7 Å². The highest BCUT2D eigenvalue weighted by Crippen LogP contribution is 2.40. The lowest BCUT2D eigenvalue weighted by atomic mass is 9.90. The van der Waals surface area contributed by atoms with Crippen molar-refractivity contribution in [1.82, 2.24) is 5.16 Å². The van der Waals surface area contributed by atoms with Crippen LogP contribution in [0.3, 0.4) is 0 Å². The van der Waals surface area contributed by atoms with Crippen molar-refractivity contribution in [3.8, 4) is 107 Å². The number of aryl methyl sites for hydroxylation is 8. The molecule has 19 nitrogen and oxygen atoms in total. The Morgan fingerprint density at radius 3 is 1.07 bits per heavy atom. The summed E-state index contributed by atoms with van der Waals surface area (Å²) >= 11 is 1.68. The van der Waals surface area contributed by atoms with Crippen LogP contribution in [-0.4, -0.2) is 84.7 Å². The van der Waals surface area contributed by atoms with Gasteiger partial charge in [0.1, 0.15) is 34.5 Å². The topological polar surface area (TPSA) is 367 Å². The van der Waals surface area contributed by atoms with Crippen LogP contribution in [0.1, 0.15) is 128 Å². The van der Waals surface area contributed by atoms with Gasteiger partial charge in [-0.25, -0.2) is 0 Å². The molecule has 0 fully saturated rings. The average Bonchev–Trinajstić information content (AvgIpc) is 1.78. The summed E-state index contributed by atoms with van der Waals surface area (Å²) in [5.74, 6) is 0.262. The normalized spacial score (nSPS) is 12.5. The van der Waals surface area contributed by atoms with E-state index in [1.165, 1.54) is 39.0 Å². The van der Waals surface area contributed by atoms with E-state index < -0.39 is 0 Å². The molecule has 15 rings (SSSR count). The maximum Gasteiger partial charge on any atom is 0.217 e. The van der Waals surface area contributed by atoms with Crippen molar-refractivity contribution < 1.29 is 54.0 Å². The third-order valence-electron chi connectivity index (χ3n) is 21.5. The Hall–Kier alpha value is -14.2. The highest BCUT2D eigenvalue weighted by Gasteiger charge is 2.22. The van der Waals surface area contributed by atoms with E-state index in [1.807, 2.05) is 113 Å². The zero-order chi connectivity index (χ0) is 87.3. The Bertz CT molecular complexity index is 5990. The van der Waals surface area contributed by atoms with E-state index in [-0.39, 0.29) is 64.7 Å². The summed E-state index contributed by atoms with van der Waals surface area (Å²) in [5.41, 5.74) is 59.5. The molecule has 4 heterocycles. The number of rotatable bonds is 25. The van der Waals surface area contributed by atoms with Gasteiger partial charge < -0.3 is 58.7 Å². The van der Waals surface area contributed by atoms with Crippen molar-refractivity contribution >= 4 is 69.0 Å². The number of phenolic OH excluding ortho intramolecular Hbond substituents is 5. The molecule has 122 heavy (non-hydrogen) atoms. The lowest BCUT2D eigenvalue weighted by Gasteiger charge is -2.14. The molecule has 0 saturated carbocycles. The van der Waals surface area contributed by atoms with E-state index in [4.69, 9.17) is 33.2 Å². The Kier molecular flexibility index (Phi) is 30.1. The number of phenols is 5. The smallest absolute Gasteiger partial charge is 0.217 e. The second-order valence-electron chi connectivity index (χ2n) is 30.5. The summed E-state index contributed by atoms with van der Waals surface area (Å²) in [6.45, 7) is 15.6. The summed E-state index contributed by atoms with van der Waals surface area (Å²) in [6, 6.07) is 66.7. The maximum absolute atomic E-state index is 11.3. The SMILES string of the molecule is CC1=C(c2ccc(-c3cccc(O)c3)c(CCC(N)=O)c2)CC=C1.CC1=NCC(C)=C1c1ccc(-c2cccc(O)c2)c(CCC(N)=O)c1.CC1=NCC=C1c1ccc(-c2cccc(O)c2)c(CCC(N)=O)c1.Cc1cscc1-c1ccc(-c2cccc(O)c2)c(CCC(N)=O)c1.Cc1noc(C)c1-c1ccc(-c2cccc(O)c2)c(CCC(N)=O)c1. The van der Waals surface area contributed by atoms with Crippen molar-refractivity contribution in [2.75, 3.05) is 13.1 Å². The first-order valence-corrected chi connectivity index (χ1v) is 41.3.